The number of hydrogen-bond acceptors (Lipinski definition) is 2. The van der Waals surface area contributed by atoms with Crippen molar-refractivity contribution in [1.29, 1.82) is 0 Å². The van der Waals surface area contributed by atoms with Crippen LogP contribution in [-0.4, -0.2) is 10.3 Å². The van der Waals surface area contributed by atoms with Crippen LogP contribution in [0.3, 0.4) is 0 Å². The molecule has 0 aliphatic carbocycles. The quantitative estimate of drug-likeness (QED) is 0.861. The number of aliphatic hydroxyl groups excluding tert-OH is 1. The van der Waals surface area contributed by atoms with E-state index in [2.05, 4.69) is 0 Å². The highest BCUT2D eigenvalue weighted by Crippen LogP contribution is 2.65. The van der Waals surface area contributed by atoms with Crippen molar-refractivity contribution in [3.8, 4) is 0 Å². The van der Waals surface area contributed by atoms with E-state index in [1.165, 1.54) is 0 Å². The average molecular weight is 288 g/mol. The first-order valence-corrected chi connectivity index (χ1v) is 8.53. The van der Waals surface area contributed by atoms with E-state index in [4.69, 9.17) is 0 Å². The Bertz CT molecular complexity index is 600. The van der Waals surface area contributed by atoms with Gasteiger partial charge in [0.1, 0.15) is 5.85 Å². The molecule has 3 heteroatoms. The van der Waals surface area contributed by atoms with E-state index in [-0.39, 0.29) is 0 Å². The van der Waals surface area contributed by atoms with Gasteiger partial charge in [-0.15, -0.1) is 0 Å². The Morgan fingerprint density at radius 1 is 0.900 bits per heavy atom. The minimum atomic E-state index is -3.01. The summed E-state index contributed by atoms with van der Waals surface area (Å²) in [6.07, 6.45) is 0. The van der Waals surface area contributed by atoms with Gasteiger partial charge in [-0.25, -0.2) is 0 Å². The molecule has 0 radical (unpaired) electrons. The van der Waals surface area contributed by atoms with Crippen molar-refractivity contribution in [3.63, 3.8) is 0 Å². The van der Waals surface area contributed by atoms with Crippen molar-refractivity contribution in [1.82, 2.24) is 0 Å². The van der Waals surface area contributed by atoms with Crippen LogP contribution in [0.4, 0.5) is 0 Å². The molecule has 2 rings (SSSR count). The smallest absolute Gasteiger partial charge is 0.151 e. The van der Waals surface area contributed by atoms with Crippen LogP contribution in [0.5, 0.6) is 0 Å². The summed E-state index contributed by atoms with van der Waals surface area (Å²) in [5.41, 5.74) is 0.703. The van der Waals surface area contributed by atoms with Crippen LogP contribution in [-0.2, 0) is 4.57 Å². The molecule has 1 N–H and O–H groups in total. The number of rotatable bonds is 3. The molecule has 0 amide bonds. The minimum Gasteiger partial charge on any atom is -0.380 e. The molecule has 2 unspecified atom stereocenters. The lowest BCUT2D eigenvalue weighted by Gasteiger charge is -2.35. The van der Waals surface area contributed by atoms with Crippen LogP contribution in [0.2, 0.25) is 0 Å². The van der Waals surface area contributed by atoms with Gasteiger partial charge in [-0.3, -0.25) is 0 Å². The van der Waals surface area contributed by atoms with Crippen LogP contribution in [0, 0.1) is 0 Å². The number of aliphatic hydroxyl groups is 1. The predicted molar refractivity (Wildman–Crippen MR) is 84.8 cm³/mol. The zero-order valence-corrected chi connectivity index (χ0v) is 13.0. The highest BCUT2D eigenvalue weighted by atomic mass is 31.2. The van der Waals surface area contributed by atoms with Crippen molar-refractivity contribution < 1.29 is 9.67 Å². The Balaban J connectivity index is 2.58. The molecule has 2 atom stereocenters. The van der Waals surface area contributed by atoms with Crippen molar-refractivity contribution in [3.05, 3.63) is 66.2 Å². The molecule has 0 bridgehead atoms. The Kier molecular flexibility index (Phi) is 4.17. The highest BCUT2D eigenvalue weighted by Gasteiger charge is 2.44. The van der Waals surface area contributed by atoms with E-state index in [1.807, 2.05) is 81.4 Å². The molecule has 2 nitrogen and oxygen atoms in total. The van der Waals surface area contributed by atoms with E-state index in [0.717, 1.165) is 5.30 Å². The van der Waals surface area contributed by atoms with E-state index < -0.39 is 18.1 Å². The minimum absolute atomic E-state index is 0.510. The summed E-state index contributed by atoms with van der Waals surface area (Å²) in [5, 5.41) is 11.0. The molecule has 0 saturated heterocycles. The second kappa shape index (κ2) is 5.55. The summed E-state index contributed by atoms with van der Waals surface area (Å²) in [6, 6.07) is 18.6. The maximum Gasteiger partial charge on any atom is 0.151 e. The van der Waals surface area contributed by atoms with Crippen LogP contribution < -0.4 is 5.30 Å². The Morgan fingerprint density at radius 2 is 1.35 bits per heavy atom. The molecule has 106 valence electrons. The highest BCUT2D eigenvalue weighted by molar-refractivity contribution is 7.73. The van der Waals surface area contributed by atoms with Gasteiger partial charge in [0.25, 0.3) is 0 Å². The molecule has 2 aromatic carbocycles. The molecule has 0 saturated carbocycles. The van der Waals surface area contributed by atoms with Gasteiger partial charge < -0.3 is 9.67 Å². The SMILES string of the molecule is CC(C)(C)P(=O)(c1ccccc1)C(O)c1ccccc1. The van der Waals surface area contributed by atoms with Gasteiger partial charge in [0, 0.05) is 10.5 Å². The van der Waals surface area contributed by atoms with Gasteiger partial charge >= 0.3 is 0 Å². The molecule has 0 aromatic heterocycles. The lowest BCUT2D eigenvalue weighted by atomic mass is 10.2. The predicted octanol–water partition coefficient (Wildman–Crippen LogP) is 4.16. The number of benzene rings is 2. The van der Waals surface area contributed by atoms with E-state index >= 15 is 0 Å². The molecule has 0 fully saturated rings. The van der Waals surface area contributed by atoms with Crippen molar-refractivity contribution >= 4 is 12.4 Å². The fourth-order valence-corrected chi connectivity index (χ4v) is 5.38. The summed E-state index contributed by atoms with van der Waals surface area (Å²) >= 11 is 0. The zero-order valence-electron chi connectivity index (χ0n) is 12.2. The topological polar surface area (TPSA) is 37.3 Å². The van der Waals surface area contributed by atoms with Gasteiger partial charge in [0.15, 0.2) is 7.14 Å². The standard InChI is InChI=1S/C17H21O2P/c1-17(2,3)20(19,15-12-8-5-9-13-15)16(18)14-10-6-4-7-11-14/h4-13,16,18H,1-3H3. The molecule has 20 heavy (non-hydrogen) atoms. The van der Waals surface area contributed by atoms with E-state index in [1.54, 1.807) is 0 Å². The zero-order chi connectivity index (χ0) is 14.8. The van der Waals surface area contributed by atoms with E-state index in [9.17, 15) is 9.67 Å². The Morgan fingerprint density at radius 3 is 1.80 bits per heavy atom. The lowest BCUT2D eigenvalue weighted by Crippen LogP contribution is -2.27. The molecular weight excluding hydrogens is 267 g/mol. The Labute approximate surface area is 120 Å². The third kappa shape index (κ3) is 2.59. The van der Waals surface area contributed by atoms with Gasteiger partial charge in [0.2, 0.25) is 0 Å². The van der Waals surface area contributed by atoms with Gasteiger partial charge in [-0.2, -0.15) is 0 Å². The van der Waals surface area contributed by atoms with E-state index in [0.29, 0.717) is 5.56 Å². The lowest BCUT2D eigenvalue weighted by molar-refractivity contribution is 0.251. The first-order valence-electron chi connectivity index (χ1n) is 6.76. The van der Waals surface area contributed by atoms with Gasteiger partial charge in [-0.1, -0.05) is 81.4 Å². The molecular formula is C17H21O2P. The van der Waals surface area contributed by atoms with Crippen LogP contribution in [0.1, 0.15) is 32.2 Å². The summed E-state index contributed by atoms with van der Waals surface area (Å²) in [6.45, 7) is 5.77. The van der Waals surface area contributed by atoms with Crippen molar-refractivity contribution in [2.45, 2.75) is 31.8 Å². The maximum absolute atomic E-state index is 13.7. The van der Waals surface area contributed by atoms with Gasteiger partial charge in [-0.05, 0) is 5.56 Å². The third-order valence-electron chi connectivity index (χ3n) is 3.58. The first-order chi connectivity index (χ1) is 9.37. The Hall–Kier alpha value is -1.37. The third-order valence-corrected chi connectivity index (χ3v) is 7.62. The van der Waals surface area contributed by atoms with Crippen molar-refractivity contribution in [2.75, 3.05) is 0 Å². The van der Waals surface area contributed by atoms with Crippen LogP contribution in [0.25, 0.3) is 0 Å². The average Bonchev–Trinajstić information content (AvgIpc) is 2.46. The molecule has 0 spiro atoms. The molecule has 0 heterocycles. The van der Waals surface area contributed by atoms with Crippen molar-refractivity contribution in [2.24, 2.45) is 0 Å². The van der Waals surface area contributed by atoms with Crippen LogP contribution >= 0.6 is 7.14 Å². The monoisotopic (exact) mass is 288 g/mol. The first kappa shape index (κ1) is 15.0. The fraction of sp³-hybridized carbons (Fsp3) is 0.294. The molecule has 0 aliphatic heterocycles. The normalized spacial score (nSPS) is 16.4. The summed E-state index contributed by atoms with van der Waals surface area (Å²) in [5.74, 6) is -0.980. The number of hydrogen-bond donors (Lipinski definition) is 1. The second-order valence-electron chi connectivity index (χ2n) is 5.95. The van der Waals surface area contributed by atoms with Gasteiger partial charge in [0.05, 0.1) is 0 Å². The molecule has 2 aromatic rings. The summed E-state index contributed by atoms with van der Waals surface area (Å²) in [7, 11) is -3.01. The largest absolute Gasteiger partial charge is 0.380 e. The fourth-order valence-electron chi connectivity index (χ4n) is 2.38. The van der Waals surface area contributed by atoms with Crippen LogP contribution in [0.15, 0.2) is 60.7 Å². The second-order valence-corrected chi connectivity index (χ2v) is 9.61. The molecule has 0 aliphatic rings. The summed E-state index contributed by atoms with van der Waals surface area (Å²) in [4.78, 5) is 0. The summed E-state index contributed by atoms with van der Waals surface area (Å²) < 4.78 is 13.7. The maximum atomic E-state index is 13.7.